The van der Waals surface area contributed by atoms with Crippen molar-refractivity contribution in [2.45, 2.75) is 110 Å². The Labute approximate surface area is 219 Å². The van der Waals surface area contributed by atoms with Gasteiger partial charge in [0.15, 0.2) is 0 Å². The van der Waals surface area contributed by atoms with E-state index in [4.69, 9.17) is 22.4 Å². The molecular weight excluding hydrogens is 462 g/mol. The zero-order valence-corrected chi connectivity index (χ0v) is 24.8. The van der Waals surface area contributed by atoms with Gasteiger partial charge in [0.1, 0.15) is 0 Å². The normalized spacial score (nSPS) is 11.8. The molecule has 0 unspecified atom stereocenters. The minimum absolute atomic E-state index is 0.604. The van der Waals surface area contributed by atoms with Crippen LogP contribution in [0.4, 0.5) is 0 Å². The first-order chi connectivity index (χ1) is 16.5. The summed E-state index contributed by atoms with van der Waals surface area (Å²) in [6, 6.07) is 0. The lowest BCUT2D eigenvalue weighted by Crippen LogP contribution is -2.35. The van der Waals surface area contributed by atoms with Gasteiger partial charge in [-0.05, 0) is 24.8 Å². The first-order valence-corrected chi connectivity index (χ1v) is 15.8. The second-order valence-electron chi connectivity index (χ2n) is 10.9. The molecule has 0 fully saturated rings. The highest BCUT2D eigenvalue weighted by Crippen LogP contribution is 2.13. The van der Waals surface area contributed by atoms with E-state index in [0.29, 0.717) is 19.5 Å². The zero-order chi connectivity index (χ0) is 26.8. The summed E-state index contributed by atoms with van der Waals surface area (Å²) in [5.74, 6) is 0. The van der Waals surface area contributed by atoms with Gasteiger partial charge in [0.25, 0.3) is 0 Å². The largest absolute Gasteiger partial charge is 0.748 e. The van der Waals surface area contributed by atoms with E-state index in [0.717, 1.165) is 29.7 Å². The van der Waals surface area contributed by atoms with Crippen LogP contribution in [0.2, 0.25) is 0 Å². The Kier molecular flexibility index (Phi) is 26.4. The molecule has 35 heavy (non-hydrogen) atoms. The first-order valence-electron chi connectivity index (χ1n) is 14.0. The van der Waals surface area contributed by atoms with Gasteiger partial charge in [0.05, 0.1) is 51.0 Å². The van der Waals surface area contributed by atoms with Gasteiger partial charge in [-0.3, -0.25) is 0 Å². The van der Waals surface area contributed by atoms with Crippen LogP contribution in [0.3, 0.4) is 0 Å². The van der Waals surface area contributed by atoms with E-state index in [-0.39, 0.29) is 0 Å². The minimum atomic E-state index is -3.92. The standard InChI is InChI=1S/C27H56NO2.CH4O3S/c1-6-7-8-9-10-11-12-13-14-15-16-17-18-20-23-29-25-27(2)26-30-24-21-19-22-28(3,4)5;1-5(2,3)4/h2,6-26H2,1,3-5H3;1H3,(H,2,3,4)/q+1;/p-1. The van der Waals surface area contributed by atoms with Crippen LogP contribution in [-0.4, -0.2) is 77.8 Å². The van der Waals surface area contributed by atoms with E-state index in [1.54, 1.807) is 0 Å². The van der Waals surface area contributed by atoms with Gasteiger partial charge in [-0.2, -0.15) is 0 Å². The molecule has 0 rings (SSSR count). The molecule has 0 atom stereocenters. The first kappa shape index (κ1) is 36.7. The van der Waals surface area contributed by atoms with Gasteiger partial charge in [-0.25, -0.2) is 8.42 Å². The molecule has 212 valence electrons. The van der Waals surface area contributed by atoms with Gasteiger partial charge in [-0.1, -0.05) is 97.0 Å². The minimum Gasteiger partial charge on any atom is -0.748 e. The van der Waals surface area contributed by atoms with Crippen LogP contribution in [0.5, 0.6) is 0 Å². The summed E-state index contributed by atoms with van der Waals surface area (Å²) in [5, 5.41) is 0. The molecule has 0 heterocycles. The Hall–Kier alpha value is -0.470. The molecule has 0 radical (unpaired) electrons. The highest BCUT2D eigenvalue weighted by molar-refractivity contribution is 7.84. The van der Waals surface area contributed by atoms with Crippen molar-refractivity contribution in [1.29, 1.82) is 0 Å². The molecule has 0 saturated carbocycles. The molecule has 0 aromatic heterocycles. The van der Waals surface area contributed by atoms with E-state index in [1.165, 1.54) is 103 Å². The van der Waals surface area contributed by atoms with E-state index in [9.17, 15) is 0 Å². The van der Waals surface area contributed by atoms with Crippen LogP contribution >= 0.6 is 0 Å². The van der Waals surface area contributed by atoms with Gasteiger partial charge in [-0.15, -0.1) is 0 Å². The number of hydrogen-bond donors (Lipinski definition) is 0. The highest BCUT2D eigenvalue weighted by Gasteiger charge is 2.05. The molecule has 0 aromatic carbocycles. The molecule has 0 aromatic rings. The fourth-order valence-electron chi connectivity index (χ4n) is 3.66. The number of unbranched alkanes of at least 4 members (excludes halogenated alkanes) is 14. The third kappa shape index (κ3) is 44.0. The van der Waals surface area contributed by atoms with Crippen molar-refractivity contribution in [2.75, 3.05) is 60.4 Å². The lowest BCUT2D eigenvalue weighted by atomic mass is 10.0. The summed E-state index contributed by atoms with van der Waals surface area (Å²) in [5.41, 5.74) is 1.06. The van der Waals surface area contributed by atoms with Crippen LogP contribution in [0.25, 0.3) is 0 Å². The second-order valence-corrected chi connectivity index (χ2v) is 12.3. The van der Waals surface area contributed by atoms with Crippen LogP contribution < -0.4 is 0 Å². The third-order valence-corrected chi connectivity index (χ3v) is 5.62. The Bertz CT molecular complexity index is 550. The van der Waals surface area contributed by atoms with Crippen molar-refractivity contribution in [2.24, 2.45) is 0 Å². The second kappa shape index (κ2) is 25.2. The Morgan fingerprint density at radius 2 is 1.00 bits per heavy atom. The van der Waals surface area contributed by atoms with Gasteiger partial charge in [0.2, 0.25) is 0 Å². The topological polar surface area (TPSA) is 75.7 Å². The number of ether oxygens (including phenoxy) is 2. The van der Waals surface area contributed by atoms with E-state index in [1.807, 2.05) is 0 Å². The summed E-state index contributed by atoms with van der Waals surface area (Å²) in [7, 11) is 2.79. The Balaban J connectivity index is 0. The van der Waals surface area contributed by atoms with Crippen molar-refractivity contribution in [1.82, 2.24) is 0 Å². The summed E-state index contributed by atoms with van der Waals surface area (Å²) < 4.78 is 39.7. The average molecular weight is 522 g/mol. The Morgan fingerprint density at radius 1 is 0.686 bits per heavy atom. The molecule has 0 amide bonds. The van der Waals surface area contributed by atoms with Crippen molar-refractivity contribution < 1.29 is 26.9 Å². The van der Waals surface area contributed by atoms with Crippen LogP contribution in [0.1, 0.15) is 110 Å². The maximum Gasteiger partial charge on any atom is 0.0916 e. The molecule has 7 heteroatoms. The lowest BCUT2D eigenvalue weighted by Gasteiger charge is -2.23. The fraction of sp³-hybridized carbons (Fsp3) is 0.929. The average Bonchev–Trinajstić information content (AvgIpc) is 2.74. The smallest absolute Gasteiger partial charge is 0.0916 e. The maximum absolute atomic E-state index is 9.08. The van der Waals surface area contributed by atoms with Crippen molar-refractivity contribution in [3.63, 3.8) is 0 Å². The lowest BCUT2D eigenvalue weighted by molar-refractivity contribution is -0.870. The maximum atomic E-state index is 9.08. The summed E-state index contributed by atoms with van der Waals surface area (Å²) in [4.78, 5) is 0. The predicted octanol–water partition coefficient (Wildman–Crippen LogP) is 6.70. The monoisotopic (exact) mass is 521 g/mol. The van der Waals surface area contributed by atoms with Crippen molar-refractivity contribution in [3.05, 3.63) is 12.2 Å². The van der Waals surface area contributed by atoms with E-state index in [2.05, 4.69) is 34.6 Å². The SMILES string of the molecule is C=C(COCCCCCCCCCCCCCCCC)COCCCC[N+](C)(C)C.CS(=O)(=O)[O-]. The molecular formula is C28H59NO5S. The van der Waals surface area contributed by atoms with Crippen LogP contribution in [0, 0.1) is 0 Å². The molecule has 0 aliphatic rings. The van der Waals surface area contributed by atoms with Crippen molar-refractivity contribution >= 4 is 10.1 Å². The van der Waals surface area contributed by atoms with Crippen LogP contribution in [-0.2, 0) is 19.6 Å². The summed E-state index contributed by atoms with van der Waals surface area (Å²) >= 11 is 0. The fourth-order valence-corrected chi connectivity index (χ4v) is 3.66. The molecule has 0 aliphatic heterocycles. The number of quaternary nitrogens is 1. The van der Waals surface area contributed by atoms with E-state index < -0.39 is 10.1 Å². The van der Waals surface area contributed by atoms with Crippen LogP contribution in [0.15, 0.2) is 12.2 Å². The number of rotatable bonds is 24. The quantitative estimate of drug-likeness (QED) is 0.0611. The highest BCUT2D eigenvalue weighted by atomic mass is 32.2. The molecule has 0 aliphatic carbocycles. The number of nitrogens with zero attached hydrogens (tertiary/aromatic N) is 1. The Morgan fingerprint density at radius 3 is 1.34 bits per heavy atom. The van der Waals surface area contributed by atoms with E-state index >= 15 is 0 Å². The summed E-state index contributed by atoms with van der Waals surface area (Å²) in [6.07, 6.45) is 22.5. The predicted molar refractivity (Wildman–Crippen MR) is 149 cm³/mol. The molecule has 6 nitrogen and oxygen atoms in total. The zero-order valence-electron chi connectivity index (χ0n) is 24.0. The van der Waals surface area contributed by atoms with Gasteiger partial charge >= 0.3 is 0 Å². The molecule has 0 saturated heterocycles. The van der Waals surface area contributed by atoms with Crippen molar-refractivity contribution in [3.8, 4) is 0 Å². The van der Waals surface area contributed by atoms with Gasteiger partial charge in [0, 0.05) is 19.5 Å². The molecule has 0 N–H and O–H groups in total. The van der Waals surface area contributed by atoms with Gasteiger partial charge < -0.3 is 18.5 Å². The summed E-state index contributed by atoms with van der Waals surface area (Å²) in [6.45, 7) is 10.5. The third-order valence-electron chi connectivity index (χ3n) is 5.62. The number of hydrogen-bond acceptors (Lipinski definition) is 5. The molecule has 0 spiro atoms. The molecule has 0 bridgehead atoms.